The summed E-state index contributed by atoms with van der Waals surface area (Å²) >= 11 is 1.53. The molecular formula is C20H24N4OS. The number of piperidine rings is 1. The van der Waals surface area contributed by atoms with Gasteiger partial charge in [0.25, 0.3) is 5.91 Å². The predicted molar refractivity (Wildman–Crippen MR) is 107 cm³/mol. The minimum absolute atomic E-state index is 0.184. The van der Waals surface area contributed by atoms with Gasteiger partial charge in [0.1, 0.15) is 0 Å². The highest BCUT2D eigenvalue weighted by molar-refractivity contribution is 7.12. The van der Waals surface area contributed by atoms with Crippen LogP contribution in [0.4, 0.5) is 5.95 Å². The molecule has 1 N–H and O–H groups in total. The molecular weight excluding hydrogens is 344 g/mol. The molecule has 0 spiro atoms. The summed E-state index contributed by atoms with van der Waals surface area (Å²) in [7, 11) is 0. The lowest BCUT2D eigenvalue weighted by atomic mass is 10.0. The van der Waals surface area contributed by atoms with Crippen molar-refractivity contribution in [1.82, 2.24) is 14.9 Å². The van der Waals surface area contributed by atoms with Crippen LogP contribution >= 0.6 is 11.3 Å². The zero-order chi connectivity index (χ0) is 17.9. The van der Waals surface area contributed by atoms with E-state index in [1.54, 1.807) is 0 Å². The second-order valence-corrected chi connectivity index (χ2v) is 7.72. The summed E-state index contributed by atoms with van der Waals surface area (Å²) in [5.74, 6) is 1.13. The number of amides is 1. The van der Waals surface area contributed by atoms with Crippen LogP contribution in [0.25, 0.3) is 11.0 Å². The highest BCUT2D eigenvalue weighted by Gasteiger charge is 2.29. The average molecular weight is 369 g/mol. The summed E-state index contributed by atoms with van der Waals surface area (Å²) in [5.41, 5.74) is 2.08. The topological polar surface area (TPSA) is 52.2 Å². The molecule has 1 aliphatic heterocycles. The van der Waals surface area contributed by atoms with Crippen LogP contribution in [0.15, 0.2) is 41.8 Å². The molecule has 0 atom stereocenters. The molecule has 3 aromatic rings. The number of nitrogens with zero attached hydrogens (tertiary/aromatic N) is 3. The van der Waals surface area contributed by atoms with Crippen molar-refractivity contribution in [3.8, 4) is 0 Å². The molecule has 5 nitrogen and oxygen atoms in total. The molecule has 2 aromatic heterocycles. The van der Waals surface area contributed by atoms with E-state index in [2.05, 4.69) is 27.8 Å². The summed E-state index contributed by atoms with van der Waals surface area (Å²) in [4.78, 5) is 26.2. The summed E-state index contributed by atoms with van der Waals surface area (Å²) in [6.07, 6.45) is 2.95. The van der Waals surface area contributed by atoms with E-state index in [9.17, 15) is 4.79 Å². The minimum Gasteiger partial charge on any atom is -0.342 e. The number of carbonyl (C=O) groups is 1. The number of rotatable bonds is 5. The Bertz CT molecular complexity index is 832. The van der Waals surface area contributed by atoms with E-state index in [0.29, 0.717) is 6.04 Å². The Balaban J connectivity index is 1.45. The van der Waals surface area contributed by atoms with E-state index in [0.717, 1.165) is 60.8 Å². The lowest BCUT2D eigenvalue weighted by molar-refractivity contribution is 0.0654. The highest BCUT2D eigenvalue weighted by Crippen LogP contribution is 2.25. The van der Waals surface area contributed by atoms with Gasteiger partial charge in [-0.25, -0.2) is 4.98 Å². The number of H-pyrrole nitrogens is 1. The molecule has 0 aliphatic carbocycles. The molecule has 26 heavy (non-hydrogen) atoms. The molecule has 6 heteroatoms. The number of hydrogen-bond donors (Lipinski definition) is 1. The first kappa shape index (κ1) is 17.1. The Morgan fingerprint density at radius 2 is 2.08 bits per heavy atom. The van der Waals surface area contributed by atoms with E-state index in [-0.39, 0.29) is 5.91 Å². The van der Waals surface area contributed by atoms with E-state index < -0.39 is 0 Å². The SMILES string of the molecule is CCCN(C(=O)c1cccs1)C1CCN(c2nc3ccccc3[nH]2)CC1. The molecule has 1 aliphatic rings. The number of fused-ring (bicyclic) bond motifs is 1. The highest BCUT2D eigenvalue weighted by atomic mass is 32.1. The van der Waals surface area contributed by atoms with Crippen molar-refractivity contribution in [3.05, 3.63) is 46.7 Å². The van der Waals surface area contributed by atoms with E-state index >= 15 is 0 Å². The van der Waals surface area contributed by atoms with Gasteiger partial charge in [-0.15, -0.1) is 11.3 Å². The fourth-order valence-corrected chi connectivity index (χ4v) is 4.39. The fourth-order valence-electron chi connectivity index (χ4n) is 3.71. The van der Waals surface area contributed by atoms with E-state index in [1.165, 1.54) is 11.3 Å². The van der Waals surface area contributed by atoms with E-state index in [4.69, 9.17) is 4.98 Å². The van der Waals surface area contributed by atoms with Crippen molar-refractivity contribution in [2.45, 2.75) is 32.2 Å². The second-order valence-electron chi connectivity index (χ2n) is 6.77. The fraction of sp³-hybridized carbons (Fsp3) is 0.400. The van der Waals surface area contributed by atoms with Gasteiger partial charge in [-0.3, -0.25) is 4.79 Å². The van der Waals surface area contributed by atoms with Crippen LogP contribution < -0.4 is 4.90 Å². The zero-order valence-electron chi connectivity index (χ0n) is 15.0. The van der Waals surface area contributed by atoms with Gasteiger partial charge in [0, 0.05) is 25.7 Å². The minimum atomic E-state index is 0.184. The number of benzene rings is 1. The monoisotopic (exact) mass is 368 g/mol. The van der Waals surface area contributed by atoms with Gasteiger partial charge in [0.2, 0.25) is 5.95 Å². The van der Waals surface area contributed by atoms with Crippen LogP contribution in [0, 0.1) is 0 Å². The summed E-state index contributed by atoms with van der Waals surface area (Å²) in [6.45, 7) is 4.80. The van der Waals surface area contributed by atoms with Crippen LogP contribution in [0.2, 0.25) is 0 Å². The summed E-state index contributed by atoms with van der Waals surface area (Å²) in [5, 5.41) is 1.97. The normalized spacial score (nSPS) is 15.5. The number of anilines is 1. The molecule has 1 aromatic carbocycles. The predicted octanol–water partition coefficient (Wildman–Crippen LogP) is 4.15. The first-order valence-corrected chi connectivity index (χ1v) is 10.2. The van der Waals surface area contributed by atoms with Crippen molar-refractivity contribution in [2.24, 2.45) is 0 Å². The number of thiophene rings is 1. The van der Waals surface area contributed by atoms with Gasteiger partial charge in [-0.05, 0) is 42.8 Å². The third-order valence-electron chi connectivity index (χ3n) is 5.04. The maximum atomic E-state index is 12.9. The molecule has 0 saturated carbocycles. The van der Waals surface area contributed by atoms with Crippen LogP contribution in [-0.4, -0.2) is 46.5 Å². The molecule has 1 saturated heterocycles. The van der Waals surface area contributed by atoms with Gasteiger partial charge in [0.05, 0.1) is 15.9 Å². The van der Waals surface area contributed by atoms with Crippen molar-refractivity contribution in [3.63, 3.8) is 0 Å². The number of para-hydroxylation sites is 2. The number of aromatic nitrogens is 2. The molecule has 0 unspecified atom stereocenters. The lowest BCUT2D eigenvalue weighted by Gasteiger charge is -2.38. The Hall–Kier alpha value is -2.34. The largest absolute Gasteiger partial charge is 0.342 e. The summed E-state index contributed by atoms with van der Waals surface area (Å²) < 4.78 is 0. The van der Waals surface area contributed by atoms with Gasteiger partial charge < -0.3 is 14.8 Å². The van der Waals surface area contributed by atoms with Gasteiger partial charge >= 0.3 is 0 Å². The van der Waals surface area contributed by atoms with Gasteiger partial charge in [-0.1, -0.05) is 25.1 Å². The van der Waals surface area contributed by atoms with Crippen LogP contribution in [0.3, 0.4) is 0 Å². The Kier molecular flexibility index (Phi) is 4.93. The smallest absolute Gasteiger partial charge is 0.264 e. The average Bonchev–Trinajstić information content (AvgIpc) is 3.35. The Labute approximate surface area is 157 Å². The molecule has 4 rings (SSSR count). The third-order valence-corrected chi connectivity index (χ3v) is 5.90. The van der Waals surface area contributed by atoms with Crippen molar-refractivity contribution >= 4 is 34.2 Å². The molecule has 1 fully saturated rings. The number of carbonyl (C=O) groups excluding carboxylic acids is 1. The van der Waals surface area contributed by atoms with Crippen LogP contribution in [-0.2, 0) is 0 Å². The first-order valence-electron chi connectivity index (χ1n) is 9.30. The number of hydrogen-bond acceptors (Lipinski definition) is 4. The van der Waals surface area contributed by atoms with Crippen molar-refractivity contribution < 1.29 is 4.79 Å². The Morgan fingerprint density at radius 3 is 2.77 bits per heavy atom. The quantitative estimate of drug-likeness (QED) is 0.736. The van der Waals surface area contributed by atoms with Crippen LogP contribution in [0.5, 0.6) is 0 Å². The van der Waals surface area contributed by atoms with Crippen molar-refractivity contribution in [2.75, 3.05) is 24.5 Å². The maximum absolute atomic E-state index is 12.9. The number of imidazole rings is 1. The third kappa shape index (κ3) is 3.33. The van der Waals surface area contributed by atoms with Crippen LogP contribution in [0.1, 0.15) is 35.9 Å². The van der Waals surface area contributed by atoms with Gasteiger partial charge in [-0.2, -0.15) is 0 Å². The summed E-state index contributed by atoms with van der Waals surface area (Å²) in [6, 6.07) is 12.3. The first-order chi connectivity index (χ1) is 12.8. The lowest BCUT2D eigenvalue weighted by Crippen LogP contribution is -2.47. The number of aromatic amines is 1. The molecule has 136 valence electrons. The molecule has 0 radical (unpaired) electrons. The maximum Gasteiger partial charge on any atom is 0.264 e. The Morgan fingerprint density at radius 1 is 1.27 bits per heavy atom. The molecule has 3 heterocycles. The van der Waals surface area contributed by atoms with Gasteiger partial charge in [0.15, 0.2) is 0 Å². The molecule has 0 bridgehead atoms. The zero-order valence-corrected chi connectivity index (χ0v) is 15.8. The second kappa shape index (κ2) is 7.50. The van der Waals surface area contributed by atoms with Crippen molar-refractivity contribution in [1.29, 1.82) is 0 Å². The molecule has 1 amide bonds. The van der Waals surface area contributed by atoms with E-state index in [1.807, 2.05) is 35.7 Å². The standard InChI is InChI=1S/C20H24N4OS/c1-2-11-24(19(25)18-8-5-14-26-18)15-9-12-23(13-10-15)20-21-16-6-3-4-7-17(16)22-20/h3-8,14-15H,2,9-13H2,1H3,(H,21,22). The number of nitrogens with one attached hydrogen (secondary N) is 1.